The van der Waals surface area contributed by atoms with Gasteiger partial charge in [0.15, 0.2) is 0 Å². The van der Waals surface area contributed by atoms with Crippen molar-refractivity contribution in [3.63, 3.8) is 0 Å². The highest BCUT2D eigenvalue weighted by atomic mass is 14.1. The molecule has 0 bridgehead atoms. The summed E-state index contributed by atoms with van der Waals surface area (Å²) in [6.07, 6.45) is 23.8. The van der Waals surface area contributed by atoms with Gasteiger partial charge in [0, 0.05) is 0 Å². The van der Waals surface area contributed by atoms with E-state index >= 15 is 0 Å². The van der Waals surface area contributed by atoms with Crippen LogP contribution in [0.4, 0.5) is 0 Å². The first-order chi connectivity index (χ1) is 14.2. The molecule has 4 atom stereocenters. The summed E-state index contributed by atoms with van der Waals surface area (Å²) in [6, 6.07) is 0. The van der Waals surface area contributed by atoms with Crippen LogP contribution in [0.5, 0.6) is 0 Å². The zero-order valence-electron chi connectivity index (χ0n) is 22.6. The summed E-state index contributed by atoms with van der Waals surface area (Å²) in [6.45, 7) is 19.0. The highest BCUT2D eigenvalue weighted by Crippen LogP contribution is 2.24. The van der Waals surface area contributed by atoms with Crippen molar-refractivity contribution >= 4 is 0 Å². The molecule has 180 valence electrons. The van der Waals surface area contributed by atoms with Crippen LogP contribution in [0.3, 0.4) is 0 Å². The van der Waals surface area contributed by atoms with E-state index in [1.165, 1.54) is 102 Å². The third-order valence-electron chi connectivity index (χ3n) is 7.12. The van der Waals surface area contributed by atoms with Crippen molar-refractivity contribution in [3.8, 4) is 0 Å². The van der Waals surface area contributed by atoms with Crippen LogP contribution < -0.4 is 0 Å². The molecule has 0 heteroatoms. The highest BCUT2D eigenvalue weighted by Gasteiger charge is 2.08. The van der Waals surface area contributed by atoms with E-state index in [2.05, 4.69) is 61.5 Å². The lowest BCUT2D eigenvalue weighted by molar-refractivity contribution is 0.372. The molecule has 0 N–H and O–H groups in total. The fourth-order valence-electron chi connectivity index (χ4n) is 4.72. The van der Waals surface area contributed by atoms with Gasteiger partial charge < -0.3 is 0 Å². The van der Waals surface area contributed by atoms with Crippen molar-refractivity contribution in [1.82, 2.24) is 0 Å². The van der Waals surface area contributed by atoms with Gasteiger partial charge in [0.2, 0.25) is 0 Å². The number of allylic oxidation sites excluding steroid dienone is 2. The minimum absolute atomic E-state index is 0.876. The molecule has 0 amide bonds. The summed E-state index contributed by atoms with van der Waals surface area (Å²) >= 11 is 0. The molecule has 0 aliphatic rings. The van der Waals surface area contributed by atoms with Crippen LogP contribution in [-0.4, -0.2) is 0 Å². The first-order valence-corrected chi connectivity index (χ1v) is 13.8. The summed E-state index contributed by atoms with van der Waals surface area (Å²) in [5.41, 5.74) is 1.47. The smallest absolute Gasteiger partial charge is 0.0346 e. The third-order valence-corrected chi connectivity index (χ3v) is 7.12. The maximum absolute atomic E-state index is 2.49. The molecular weight excluding hydrogens is 360 g/mol. The number of rotatable bonds is 20. The highest BCUT2D eigenvalue weighted by molar-refractivity contribution is 4.92. The van der Waals surface area contributed by atoms with Crippen LogP contribution >= 0.6 is 0 Å². The second-order valence-corrected chi connectivity index (χ2v) is 11.8. The fourth-order valence-corrected chi connectivity index (χ4v) is 4.72. The maximum Gasteiger partial charge on any atom is -0.0346 e. The standard InChI is InChI=1S/C30H60/c1-25(2)15-11-19-29(7)23-13-21-27(5)17-9-10-18-28(6)22-14-24-30(8)20-12-16-26(3)4/h15,26-30H,9-14,16-24H2,1-8H3. The van der Waals surface area contributed by atoms with E-state index in [-0.39, 0.29) is 0 Å². The Labute approximate surface area is 193 Å². The van der Waals surface area contributed by atoms with Gasteiger partial charge in [0.25, 0.3) is 0 Å². The van der Waals surface area contributed by atoms with Gasteiger partial charge in [-0.15, -0.1) is 0 Å². The van der Waals surface area contributed by atoms with E-state index < -0.39 is 0 Å². The van der Waals surface area contributed by atoms with E-state index in [0.717, 1.165) is 29.6 Å². The van der Waals surface area contributed by atoms with E-state index in [4.69, 9.17) is 0 Å². The zero-order valence-corrected chi connectivity index (χ0v) is 22.6. The van der Waals surface area contributed by atoms with Gasteiger partial charge in [-0.2, -0.15) is 0 Å². The molecule has 4 unspecified atom stereocenters. The quantitative estimate of drug-likeness (QED) is 0.136. The molecule has 0 aliphatic carbocycles. The molecule has 0 spiro atoms. The van der Waals surface area contributed by atoms with Gasteiger partial charge in [-0.1, -0.05) is 137 Å². The molecule has 30 heavy (non-hydrogen) atoms. The predicted octanol–water partition coefficient (Wildman–Crippen LogP) is 11.0. The van der Waals surface area contributed by atoms with E-state index in [0.29, 0.717) is 0 Å². The largest absolute Gasteiger partial charge is 0.0859 e. The molecule has 0 aliphatic heterocycles. The van der Waals surface area contributed by atoms with Crippen LogP contribution in [0.25, 0.3) is 0 Å². The Morgan fingerprint density at radius 2 is 0.800 bits per heavy atom. The Kier molecular flexibility index (Phi) is 19.3. The van der Waals surface area contributed by atoms with Crippen LogP contribution in [0.1, 0.15) is 152 Å². The van der Waals surface area contributed by atoms with Crippen molar-refractivity contribution in [2.75, 3.05) is 0 Å². The molecule has 0 aromatic heterocycles. The fraction of sp³-hybridized carbons (Fsp3) is 0.933. The molecule has 0 fully saturated rings. The molecular formula is C30H60. The second-order valence-electron chi connectivity index (χ2n) is 11.8. The summed E-state index contributed by atoms with van der Waals surface area (Å²) in [5.74, 6) is 4.57. The van der Waals surface area contributed by atoms with Gasteiger partial charge in [-0.05, 0) is 56.3 Å². The van der Waals surface area contributed by atoms with Crippen molar-refractivity contribution in [3.05, 3.63) is 11.6 Å². The molecule has 0 radical (unpaired) electrons. The molecule has 0 aromatic carbocycles. The average Bonchev–Trinajstić information content (AvgIpc) is 2.64. The van der Waals surface area contributed by atoms with Crippen LogP contribution in [0.15, 0.2) is 11.6 Å². The van der Waals surface area contributed by atoms with Crippen LogP contribution in [0.2, 0.25) is 0 Å². The summed E-state index contributed by atoms with van der Waals surface area (Å²) in [7, 11) is 0. The number of hydrogen-bond acceptors (Lipinski definition) is 0. The van der Waals surface area contributed by atoms with Gasteiger partial charge in [-0.25, -0.2) is 0 Å². The summed E-state index contributed by atoms with van der Waals surface area (Å²) in [4.78, 5) is 0. The molecule has 0 aromatic rings. The third kappa shape index (κ3) is 21.0. The Hall–Kier alpha value is -0.260. The van der Waals surface area contributed by atoms with E-state index in [1.54, 1.807) is 0 Å². The number of unbranched alkanes of at least 4 members (excludes halogenated alkanes) is 1. The first kappa shape index (κ1) is 29.7. The lowest BCUT2D eigenvalue weighted by Crippen LogP contribution is -2.01. The zero-order chi connectivity index (χ0) is 22.8. The molecule has 0 rings (SSSR count). The van der Waals surface area contributed by atoms with Crippen molar-refractivity contribution in [2.45, 2.75) is 152 Å². The van der Waals surface area contributed by atoms with Crippen molar-refractivity contribution < 1.29 is 0 Å². The average molecular weight is 421 g/mol. The predicted molar refractivity (Wildman–Crippen MR) is 140 cm³/mol. The lowest BCUT2D eigenvalue weighted by atomic mass is 9.90. The maximum atomic E-state index is 2.49. The summed E-state index contributed by atoms with van der Waals surface area (Å²) < 4.78 is 0. The SMILES string of the molecule is CC(C)=CCCC(C)CCCC(C)CCCCC(C)CCCC(C)CCCC(C)C. The van der Waals surface area contributed by atoms with Crippen molar-refractivity contribution in [2.24, 2.45) is 29.6 Å². The van der Waals surface area contributed by atoms with Gasteiger partial charge >= 0.3 is 0 Å². The summed E-state index contributed by atoms with van der Waals surface area (Å²) in [5, 5.41) is 0. The Bertz CT molecular complexity index is 387. The number of hydrogen-bond donors (Lipinski definition) is 0. The first-order valence-electron chi connectivity index (χ1n) is 13.8. The van der Waals surface area contributed by atoms with Gasteiger partial charge in [0.05, 0.1) is 0 Å². The molecule has 0 nitrogen and oxygen atoms in total. The lowest BCUT2D eigenvalue weighted by Gasteiger charge is -2.16. The monoisotopic (exact) mass is 420 g/mol. The van der Waals surface area contributed by atoms with Gasteiger partial charge in [-0.3, -0.25) is 0 Å². The van der Waals surface area contributed by atoms with Crippen molar-refractivity contribution in [1.29, 1.82) is 0 Å². The Balaban J connectivity index is 3.57. The van der Waals surface area contributed by atoms with Crippen LogP contribution in [0, 0.1) is 29.6 Å². The normalized spacial score (nSPS) is 15.8. The molecule has 0 saturated carbocycles. The second kappa shape index (κ2) is 19.4. The molecule has 0 saturated heterocycles. The Morgan fingerprint density at radius 1 is 0.467 bits per heavy atom. The van der Waals surface area contributed by atoms with Gasteiger partial charge in [0.1, 0.15) is 0 Å². The van der Waals surface area contributed by atoms with Crippen LogP contribution in [-0.2, 0) is 0 Å². The molecule has 0 heterocycles. The minimum atomic E-state index is 0.876. The Morgan fingerprint density at radius 3 is 1.17 bits per heavy atom. The topological polar surface area (TPSA) is 0 Å². The van der Waals surface area contributed by atoms with E-state index in [1.807, 2.05) is 0 Å². The van der Waals surface area contributed by atoms with E-state index in [9.17, 15) is 0 Å². The minimum Gasteiger partial charge on any atom is -0.0859 e.